The SMILES string of the molecule is Cc1cc(O)ccc1C(=N)N. The standard InChI is InChI=1S/C8H10N2O/c1-5-4-6(11)2-3-7(5)8(9)10/h2-4,11H,1H3,(H3,9,10). The van der Waals surface area contributed by atoms with Crippen LogP contribution in [0.4, 0.5) is 0 Å². The highest BCUT2D eigenvalue weighted by molar-refractivity contribution is 5.96. The molecule has 11 heavy (non-hydrogen) atoms. The van der Waals surface area contributed by atoms with E-state index >= 15 is 0 Å². The Morgan fingerprint density at radius 1 is 1.55 bits per heavy atom. The predicted molar refractivity (Wildman–Crippen MR) is 43.9 cm³/mol. The molecule has 58 valence electrons. The lowest BCUT2D eigenvalue weighted by atomic mass is 10.1. The molecule has 4 N–H and O–H groups in total. The van der Waals surface area contributed by atoms with Gasteiger partial charge in [-0.25, -0.2) is 0 Å². The second kappa shape index (κ2) is 2.62. The number of hydrogen-bond donors (Lipinski definition) is 3. The zero-order chi connectivity index (χ0) is 8.43. The fourth-order valence-electron chi connectivity index (χ4n) is 0.950. The van der Waals surface area contributed by atoms with Gasteiger partial charge in [0.1, 0.15) is 11.6 Å². The predicted octanol–water partition coefficient (Wildman–Crippen LogP) is 0.985. The quantitative estimate of drug-likeness (QED) is 0.412. The Bertz CT molecular complexity index is 294. The molecule has 1 rings (SSSR count). The second-order valence-corrected chi connectivity index (χ2v) is 2.41. The number of amidine groups is 1. The molecule has 0 atom stereocenters. The van der Waals surface area contributed by atoms with Crippen molar-refractivity contribution < 1.29 is 5.11 Å². The van der Waals surface area contributed by atoms with E-state index in [1.165, 1.54) is 6.07 Å². The Labute approximate surface area is 65.0 Å². The maximum absolute atomic E-state index is 9.01. The van der Waals surface area contributed by atoms with Crippen LogP contribution in [0.1, 0.15) is 11.1 Å². The number of phenols is 1. The van der Waals surface area contributed by atoms with Gasteiger partial charge in [-0.15, -0.1) is 0 Å². The monoisotopic (exact) mass is 150 g/mol. The number of nitrogens with two attached hydrogens (primary N) is 1. The molecular weight excluding hydrogens is 140 g/mol. The third-order valence-corrected chi connectivity index (χ3v) is 1.50. The van der Waals surface area contributed by atoms with Crippen molar-refractivity contribution in [1.29, 1.82) is 5.41 Å². The van der Waals surface area contributed by atoms with Gasteiger partial charge in [0, 0.05) is 5.56 Å². The molecule has 3 heteroatoms. The molecule has 3 nitrogen and oxygen atoms in total. The molecule has 0 saturated heterocycles. The summed E-state index contributed by atoms with van der Waals surface area (Å²) in [4.78, 5) is 0. The van der Waals surface area contributed by atoms with Crippen LogP contribution in [0.3, 0.4) is 0 Å². The highest BCUT2D eigenvalue weighted by Crippen LogP contribution is 2.14. The maximum Gasteiger partial charge on any atom is 0.123 e. The summed E-state index contributed by atoms with van der Waals surface area (Å²) >= 11 is 0. The van der Waals surface area contributed by atoms with E-state index in [9.17, 15) is 0 Å². The Morgan fingerprint density at radius 3 is 2.64 bits per heavy atom. The van der Waals surface area contributed by atoms with Gasteiger partial charge in [-0.05, 0) is 30.7 Å². The number of benzene rings is 1. The van der Waals surface area contributed by atoms with Crippen LogP contribution >= 0.6 is 0 Å². The van der Waals surface area contributed by atoms with E-state index in [-0.39, 0.29) is 11.6 Å². The largest absolute Gasteiger partial charge is 0.508 e. The second-order valence-electron chi connectivity index (χ2n) is 2.41. The van der Waals surface area contributed by atoms with E-state index < -0.39 is 0 Å². The lowest BCUT2D eigenvalue weighted by molar-refractivity contribution is 0.475. The minimum atomic E-state index is 0.0301. The maximum atomic E-state index is 9.01. The molecule has 1 aromatic carbocycles. The summed E-state index contributed by atoms with van der Waals surface area (Å²) in [6.45, 7) is 1.80. The van der Waals surface area contributed by atoms with Crippen molar-refractivity contribution in [3.63, 3.8) is 0 Å². The molecule has 1 aromatic rings. The van der Waals surface area contributed by atoms with Crippen LogP contribution in [0, 0.1) is 12.3 Å². The molecule has 0 amide bonds. The van der Waals surface area contributed by atoms with Gasteiger partial charge in [-0.1, -0.05) is 0 Å². The zero-order valence-electron chi connectivity index (χ0n) is 6.26. The molecule has 0 saturated carbocycles. The molecule has 0 aliphatic rings. The highest BCUT2D eigenvalue weighted by Gasteiger charge is 2.00. The average molecular weight is 150 g/mol. The van der Waals surface area contributed by atoms with E-state index in [0.29, 0.717) is 5.56 Å². The Kier molecular flexibility index (Phi) is 1.81. The van der Waals surface area contributed by atoms with Gasteiger partial charge >= 0.3 is 0 Å². The van der Waals surface area contributed by atoms with Crippen LogP contribution < -0.4 is 5.73 Å². The molecule has 0 unspecified atom stereocenters. The number of aryl methyl sites for hydroxylation is 1. The first-order chi connectivity index (χ1) is 5.11. The Morgan fingerprint density at radius 2 is 2.18 bits per heavy atom. The van der Waals surface area contributed by atoms with Gasteiger partial charge < -0.3 is 10.8 Å². The van der Waals surface area contributed by atoms with Gasteiger partial charge in [-0.2, -0.15) is 0 Å². The summed E-state index contributed by atoms with van der Waals surface area (Å²) in [7, 11) is 0. The molecule has 0 heterocycles. The summed E-state index contributed by atoms with van der Waals surface area (Å²) in [6, 6.07) is 4.73. The van der Waals surface area contributed by atoms with Gasteiger partial charge in [0.05, 0.1) is 0 Å². The van der Waals surface area contributed by atoms with Crippen molar-refractivity contribution in [1.82, 2.24) is 0 Å². The normalized spacial score (nSPS) is 9.55. The van der Waals surface area contributed by atoms with Gasteiger partial charge in [0.2, 0.25) is 0 Å². The zero-order valence-corrected chi connectivity index (χ0v) is 6.26. The van der Waals surface area contributed by atoms with Crippen molar-refractivity contribution in [2.75, 3.05) is 0 Å². The van der Waals surface area contributed by atoms with Crippen molar-refractivity contribution in [3.8, 4) is 5.75 Å². The smallest absolute Gasteiger partial charge is 0.123 e. The van der Waals surface area contributed by atoms with Crippen LogP contribution in [-0.2, 0) is 0 Å². The van der Waals surface area contributed by atoms with Gasteiger partial charge in [0.25, 0.3) is 0 Å². The van der Waals surface area contributed by atoms with Crippen LogP contribution in [0.2, 0.25) is 0 Å². The molecule has 0 bridgehead atoms. The number of phenolic OH excluding ortho intramolecular Hbond substituents is 1. The van der Waals surface area contributed by atoms with Crippen LogP contribution in [0.25, 0.3) is 0 Å². The molecule has 0 aliphatic heterocycles. The fraction of sp³-hybridized carbons (Fsp3) is 0.125. The van der Waals surface area contributed by atoms with Crippen LogP contribution in [-0.4, -0.2) is 10.9 Å². The lowest BCUT2D eigenvalue weighted by Gasteiger charge is -2.02. The minimum absolute atomic E-state index is 0.0301. The number of nitrogen functional groups attached to an aromatic ring is 1. The summed E-state index contributed by atoms with van der Waals surface area (Å²) in [5, 5.41) is 16.2. The average Bonchev–Trinajstić information content (AvgIpc) is 1.85. The van der Waals surface area contributed by atoms with E-state index in [2.05, 4.69) is 0 Å². The van der Waals surface area contributed by atoms with Crippen molar-refractivity contribution >= 4 is 5.84 Å². The number of aromatic hydroxyl groups is 1. The van der Waals surface area contributed by atoms with Crippen LogP contribution in [0.15, 0.2) is 18.2 Å². The molecule has 0 fully saturated rings. The van der Waals surface area contributed by atoms with Crippen LogP contribution in [0.5, 0.6) is 5.75 Å². The number of rotatable bonds is 1. The Hall–Kier alpha value is -1.51. The third kappa shape index (κ3) is 1.49. The first-order valence-corrected chi connectivity index (χ1v) is 3.25. The van der Waals surface area contributed by atoms with Gasteiger partial charge in [-0.3, -0.25) is 5.41 Å². The first kappa shape index (κ1) is 7.60. The highest BCUT2D eigenvalue weighted by atomic mass is 16.3. The van der Waals surface area contributed by atoms with Crippen molar-refractivity contribution in [2.24, 2.45) is 5.73 Å². The minimum Gasteiger partial charge on any atom is -0.508 e. The summed E-state index contributed by atoms with van der Waals surface area (Å²) in [5.74, 6) is 0.231. The summed E-state index contributed by atoms with van der Waals surface area (Å²) in [6.07, 6.45) is 0. The number of hydrogen-bond acceptors (Lipinski definition) is 2. The molecule has 0 radical (unpaired) electrons. The van der Waals surface area contributed by atoms with E-state index in [1.54, 1.807) is 19.1 Å². The fourth-order valence-corrected chi connectivity index (χ4v) is 0.950. The van der Waals surface area contributed by atoms with Crippen molar-refractivity contribution in [3.05, 3.63) is 29.3 Å². The molecular formula is C8H10N2O. The third-order valence-electron chi connectivity index (χ3n) is 1.50. The summed E-state index contributed by atoms with van der Waals surface area (Å²) < 4.78 is 0. The summed E-state index contributed by atoms with van der Waals surface area (Å²) in [5.41, 5.74) is 6.75. The molecule has 0 aromatic heterocycles. The van der Waals surface area contributed by atoms with E-state index in [4.69, 9.17) is 16.2 Å². The molecule has 0 aliphatic carbocycles. The van der Waals surface area contributed by atoms with E-state index in [1.807, 2.05) is 0 Å². The lowest BCUT2D eigenvalue weighted by Crippen LogP contribution is -2.12. The van der Waals surface area contributed by atoms with Crippen molar-refractivity contribution in [2.45, 2.75) is 6.92 Å². The number of nitrogens with one attached hydrogen (secondary N) is 1. The van der Waals surface area contributed by atoms with Gasteiger partial charge in [0.15, 0.2) is 0 Å². The van der Waals surface area contributed by atoms with E-state index in [0.717, 1.165) is 5.56 Å². The first-order valence-electron chi connectivity index (χ1n) is 3.25. The Balaban J connectivity index is 3.20. The topological polar surface area (TPSA) is 70.1 Å². The molecule has 0 spiro atoms.